The molecule has 152 valence electrons. The van der Waals surface area contributed by atoms with Gasteiger partial charge in [-0.3, -0.25) is 9.59 Å². The van der Waals surface area contributed by atoms with E-state index in [2.05, 4.69) is 18.8 Å². The first kappa shape index (κ1) is 22.0. The molecule has 2 rings (SSSR count). The fourth-order valence-electron chi connectivity index (χ4n) is 3.10. The number of nitrogens with one attached hydrogen (secondary N) is 1. The lowest BCUT2D eigenvalue weighted by molar-refractivity contribution is 0.101. The zero-order valence-corrected chi connectivity index (χ0v) is 17.7. The van der Waals surface area contributed by atoms with Crippen LogP contribution in [0.4, 0.5) is 0 Å². The number of H-pyrrole nitrogens is 1. The van der Waals surface area contributed by atoms with Crippen LogP contribution < -0.4 is 9.47 Å². The van der Waals surface area contributed by atoms with Crippen molar-refractivity contribution in [3.05, 3.63) is 51.9 Å². The van der Waals surface area contributed by atoms with Gasteiger partial charge < -0.3 is 14.5 Å². The number of ketones is 2. The number of aryl methyl sites for hydroxylation is 1. The third-order valence-electron chi connectivity index (χ3n) is 4.45. The first-order valence-corrected chi connectivity index (χ1v) is 9.37. The van der Waals surface area contributed by atoms with Crippen molar-refractivity contribution in [2.45, 2.75) is 34.6 Å². The second-order valence-corrected chi connectivity index (χ2v) is 7.30. The first-order chi connectivity index (χ1) is 13.7. The van der Waals surface area contributed by atoms with Crippen molar-refractivity contribution in [1.29, 1.82) is 5.26 Å². The fraction of sp³-hybridized carbons (Fsp3) is 0.348. The molecule has 0 aliphatic heterocycles. The number of Topliss-reactive ketones (excluding diaryl/α,β-unsaturated/α-hetero) is 2. The molecule has 0 atom stereocenters. The molecular weight excluding hydrogens is 368 g/mol. The van der Waals surface area contributed by atoms with E-state index in [0.29, 0.717) is 46.4 Å². The number of aromatic amines is 1. The van der Waals surface area contributed by atoms with E-state index in [1.165, 1.54) is 20.1 Å². The van der Waals surface area contributed by atoms with Gasteiger partial charge in [0.25, 0.3) is 0 Å². The predicted molar refractivity (Wildman–Crippen MR) is 112 cm³/mol. The van der Waals surface area contributed by atoms with Gasteiger partial charge in [0, 0.05) is 11.3 Å². The minimum atomic E-state index is -0.459. The number of benzene rings is 1. The molecule has 29 heavy (non-hydrogen) atoms. The van der Waals surface area contributed by atoms with E-state index in [1.807, 2.05) is 6.07 Å². The molecule has 0 spiro atoms. The molecule has 6 heteroatoms. The molecule has 0 saturated heterocycles. The zero-order chi connectivity index (χ0) is 21.7. The van der Waals surface area contributed by atoms with Crippen molar-refractivity contribution in [3.8, 4) is 17.6 Å². The maximum Gasteiger partial charge on any atom is 0.219 e. The average molecular weight is 394 g/mol. The Morgan fingerprint density at radius 2 is 1.93 bits per heavy atom. The van der Waals surface area contributed by atoms with Crippen LogP contribution in [0.5, 0.6) is 11.5 Å². The summed E-state index contributed by atoms with van der Waals surface area (Å²) in [7, 11) is 1.54. The summed E-state index contributed by atoms with van der Waals surface area (Å²) in [6.45, 7) is 9.54. The Hall–Kier alpha value is -3.33. The average Bonchev–Trinajstić information content (AvgIpc) is 2.98. The Labute approximate surface area is 171 Å². The third-order valence-corrected chi connectivity index (χ3v) is 4.45. The Morgan fingerprint density at radius 1 is 1.24 bits per heavy atom. The molecule has 1 aromatic heterocycles. The SMILES string of the molecule is COc1cc(/C=C(/C#N)C(=O)c2[nH]c(C)c(C(C)=O)c2C)ccc1OCC(C)C. The number of hydrogen-bond donors (Lipinski definition) is 1. The number of carbonyl (C=O) groups is 2. The van der Waals surface area contributed by atoms with Gasteiger partial charge in [-0.05, 0) is 56.0 Å². The van der Waals surface area contributed by atoms with Gasteiger partial charge in [0.2, 0.25) is 5.78 Å². The molecule has 1 N–H and O–H groups in total. The molecule has 0 aliphatic carbocycles. The number of carbonyl (C=O) groups excluding carboxylic acids is 2. The second kappa shape index (κ2) is 9.24. The molecule has 2 aromatic rings. The Balaban J connectivity index is 2.39. The van der Waals surface area contributed by atoms with E-state index in [4.69, 9.17) is 9.47 Å². The highest BCUT2D eigenvalue weighted by atomic mass is 16.5. The fourth-order valence-corrected chi connectivity index (χ4v) is 3.10. The largest absolute Gasteiger partial charge is 0.493 e. The van der Waals surface area contributed by atoms with Crippen molar-refractivity contribution in [3.63, 3.8) is 0 Å². The van der Waals surface area contributed by atoms with Crippen LogP contribution in [0.1, 0.15) is 58.4 Å². The number of methoxy groups -OCH3 is 1. The van der Waals surface area contributed by atoms with Crippen molar-refractivity contribution >= 4 is 17.6 Å². The number of aromatic nitrogens is 1. The van der Waals surface area contributed by atoms with Gasteiger partial charge in [0.05, 0.1) is 19.4 Å². The number of allylic oxidation sites excluding steroid dienone is 1. The molecule has 1 aromatic carbocycles. The summed E-state index contributed by atoms with van der Waals surface area (Å²) in [5, 5.41) is 9.55. The van der Waals surface area contributed by atoms with E-state index in [1.54, 1.807) is 32.0 Å². The van der Waals surface area contributed by atoms with Crippen LogP contribution >= 0.6 is 0 Å². The topological polar surface area (TPSA) is 92.2 Å². The maximum absolute atomic E-state index is 12.9. The van der Waals surface area contributed by atoms with Crippen LogP contribution in [0.2, 0.25) is 0 Å². The highest BCUT2D eigenvalue weighted by Gasteiger charge is 2.22. The molecular formula is C23H26N2O4. The zero-order valence-electron chi connectivity index (χ0n) is 17.7. The van der Waals surface area contributed by atoms with Crippen LogP contribution in [-0.4, -0.2) is 30.3 Å². The Kier molecular flexibility index (Phi) is 7.00. The van der Waals surface area contributed by atoms with E-state index in [9.17, 15) is 14.9 Å². The van der Waals surface area contributed by atoms with Gasteiger partial charge in [-0.15, -0.1) is 0 Å². The first-order valence-electron chi connectivity index (χ1n) is 9.37. The quantitative estimate of drug-likeness (QED) is 0.399. The normalized spacial score (nSPS) is 11.3. The summed E-state index contributed by atoms with van der Waals surface area (Å²) in [6, 6.07) is 7.19. The van der Waals surface area contributed by atoms with Gasteiger partial charge in [0.1, 0.15) is 11.6 Å². The summed E-state index contributed by atoms with van der Waals surface area (Å²) in [5.41, 5.74) is 2.50. The summed E-state index contributed by atoms with van der Waals surface area (Å²) in [4.78, 5) is 27.7. The van der Waals surface area contributed by atoms with E-state index < -0.39 is 5.78 Å². The van der Waals surface area contributed by atoms with E-state index in [0.717, 1.165) is 0 Å². The van der Waals surface area contributed by atoms with E-state index >= 15 is 0 Å². The van der Waals surface area contributed by atoms with Crippen LogP contribution in [0.3, 0.4) is 0 Å². The van der Waals surface area contributed by atoms with Gasteiger partial charge in [-0.2, -0.15) is 5.26 Å². The lowest BCUT2D eigenvalue weighted by atomic mass is 10.0. The standard InChI is InChI=1S/C23H26N2O4/c1-13(2)12-29-19-8-7-17(10-20(19)28-6)9-18(11-24)23(27)22-14(3)21(16(5)26)15(4)25-22/h7-10,13,25H,12H2,1-6H3/b18-9-. The minimum Gasteiger partial charge on any atom is -0.493 e. The van der Waals surface area contributed by atoms with Crippen molar-refractivity contribution in [1.82, 2.24) is 4.98 Å². The molecule has 0 fully saturated rings. The number of nitrogens with zero attached hydrogens (tertiary/aromatic N) is 1. The second-order valence-electron chi connectivity index (χ2n) is 7.30. The molecule has 0 saturated carbocycles. The lowest BCUT2D eigenvalue weighted by Crippen LogP contribution is -2.06. The van der Waals surface area contributed by atoms with Crippen LogP contribution in [0.15, 0.2) is 23.8 Å². The molecule has 0 bridgehead atoms. The molecule has 0 unspecified atom stereocenters. The van der Waals surface area contributed by atoms with Gasteiger partial charge >= 0.3 is 0 Å². The molecule has 0 aliphatic rings. The van der Waals surface area contributed by atoms with Gasteiger partial charge in [-0.25, -0.2) is 0 Å². The molecule has 0 radical (unpaired) electrons. The van der Waals surface area contributed by atoms with Crippen molar-refractivity contribution in [2.75, 3.05) is 13.7 Å². The van der Waals surface area contributed by atoms with Gasteiger partial charge in [0.15, 0.2) is 17.3 Å². The number of rotatable bonds is 8. The molecule has 6 nitrogen and oxygen atoms in total. The van der Waals surface area contributed by atoms with Crippen molar-refractivity contribution in [2.24, 2.45) is 5.92 Å². The highest BCUT2D eigenvalue weighted by molar-refractivity contribution is 6.15. The smallest absolute Gasteiger partial charge is 0.219 e. The Bertz CT molecular complexity index is 1010. The molecule has 0 amide bonds. The third kappa shape index (κ3) is 4.94. The predicted octanol–water partition coefficient (Wildman–Crippen LogP) is 4.67. The summed E-state index contributed by atoms with van der Waals surface area (Å²) >= 11 is 0. The maximum atomic E-state index is 12.9. The highest BCUT2D eigenvalue weighted by Crippen LogP contribution is 2.30. The van der Waals surface area contributed by atoms with Crippen LogP contribution in [-0.2, 0) is 0 Å². The Morgan fingerprint density at radius 3 is 2.45 bits per heavy atom. The summed E-state index contributed by atoms with van der Waals surface area (Å²) in [5.74, 6) is 0.911. The number of hydrogen-bond acceptors (Lipinski definition) is 5. The summed E-state index contributed by atoms with van der Waals surface area (Å²) < 4.78 is 11.1. The monoisotopic (exact) mass is 394 g/mol. The number of nitriles is 1. The van der Waals surface area contributed by atoms with Gasteiger partial charge in [-0.1, -0.05) is 19.9 Å². The summed E-state index contributed by atoms with van der Waals surface area (Å²) in [6.07, 6.45) is 1.50. The van der Waals surface area contributed by atoms with E-state index in [-0.39, 0.29) is 17.1 Å². The lowest BCUT2D eigenvalue weighted by Gasteiger charge is -2.13. The van der Waals surface area contributed by atoms with Crippen molar-refractivity contribution < 1.29 is 19.1 Å². The molecule has 1 heterocycles. The van der Waals surface area contributed by atoms with Crippen LogP contribution in [0.25, 0.3) is 6.08 Å². The number of ether oxygens (including phenoxy) is 2. The minimum absolute atomic E-state index is 0.0395. The van der Waals surface area contributed by atoms with Crippen LogP contribution in [0, 0.1) is 31.1 Å².